The highest BCUT2D eigenvalue weighted by atomic mass is 16.5. The second kappa shape index (κ2) is 7.90. The molecule has 0 radical (unpaired) electrons. The molecule has 1 aromatic carbocycles. The molecule has 3 aromatic heterocycles. The van der Waals surface area contributed by atoms with Gasteiger partial charge in [0.05, 0.1) is 29.5 Å². The normalized spacial score (nSPS) is 11.4. The van der Waals surface area contributed by atoms with Crippen molar-refractivity contribution in [1.29, 1.82) is 0 Å². The Kier molecular flexibility index (Phi) is 5.16. The lowest BCUT2D eigenvalue weighted by Crippen LogP contribution is -2.06. The first-order valence-electron chi connectivity index (χ1n) is 9.58. The van der Waals surface area contributed by atoms with Crippen molar-refractivity contribution in [2.45, 2.75) is 33.2 Å². The summed E-state index contributed by atoms with van der Waals surface area (Å²) in [4.78, 5) is 9.04. The van der Waals surface area contributed by atoms with Gasteiger partial charge in [-0.1, -0.05) is 19.4 Å². The maximum Gasteiger partial charge on any atom is 0.183 e. The molecule has 3 heterocycles. The zero-order valence-electron chi connectivity index (χ0n) is 16.4. The van der Waals surface area contributed by atoms with Crippen LogP contribution in [0.2, 0.25) is 0 Å². The fraction of sp³-hybridized carbons (Fsp3) is 0.333. The van der Waals surface area contributed by atoms with Gasteiger partial charge in [0, 0.05) is 18.3 Å². The molecular formula is C21H24N6O. The topological polar surface area (TPSA) is 77.2 Å². The Hall–Kier alpha value is -3.06. The quantitative estimate of drug-likeness (QED) is 0.497. The van der Waals surface area contributed by atoms with Crippen LogP contribution in [0.3, 0.4) is 0 Å². The van der Waals surface area contributed by atoms with E-state index in [4.69, 9.17) is 9.72 Å². The molecule has 4 aromatic rings. The summed E-state index contributed by atoms with van der Waals surface area (Å²) in [5.74, 6) is 1.48. The fourth-order valence-corrected chi connectivity index (χ4v) is 3.28. The first-order chi connectivity index (χ1) is 13.7. The van der Waals surface area contributed by atoms with Crippen molar-refractivity contribution in [3.63, 3.8) is 0 Å². The van der Waals surface area contributed by atoms with Crippen molar-refractivity contribution in [3.05, 3.63) is 47.9 Å². The molecule has 144 valence electrons. The van der Waals surface area contributed by atoms with E-state index in [-0.39, 0.29) is 0 Å². The number of aromatic nitrogens is 5. The third-order valence-electron chi connectivity index (χ3n) is 4.67. The van der Waals surface area contributed by atoms with Gasteiger partial charge in [-0.05, 0) is 44.2 Å². The van der Waals surface area contributed by atoms with Crippen LogP contribution < -0.4 is 10.1 Å². The van der Waals surface area contributed by atoms with Crippen LogP contribution in [0.5, 0.6) is 5.75 Å². The lowest BCUT2D eigenvalue weighted by Gasteiger charge is -2.09. The molecule has 1 N–H and O–H groups in total. The Bertz CT molecular complexity index is 1120. The lowest BCUT2D eigenvalue weighted by molar-refractivity contribution is 0.308. The number of benzene rings is 1. The monoisotopic (exact) mass is 376 g/mol. The van der Waals surface area contributed by atoms with Crippen LogP contribution in [0, 0.1) is 6.92 Å². The van der Waals surface area contributed by atoms with E-state index in [1.807, 2.05) is 26.1 Å². The standard InChI is InChI=1S/C21H24N6O/c1-4-5-8-28-17-10-16(12-23-13-17)21-26-25-20-14(2)24-18-7-6-15(11-22-3)9-19(18)27(20)21/h6-7,9-10,12-13,22H,4-5,8,11H2,1-3H3. The number of nitrogens with one attached hydrogen (secondary N) is 1. The highest BCUT2D eigenvalue weighted by molar-refractivity contribution is 5.81. The maximum absolute atomic E-state index is 5.82. The van der Waals surface area contributed by atoms with Crippen molar-refractivity contribution in [1.82, 2.24) is 29.9 Å². The van der Waals surface area contributed by atoms with Gasteiger partial charge >= 0.3 is 0 Å². The number of fused-ring (bicyclic) bond motifs is 3. The minimum absolute atomic E-state index is 0.682. The van der Waals surface area contributed by atoms with Gasteiger partial charge in [0.2, 0.25) is 0 Å². The Morgan fingerprint density at radius 1 is 1.14 bits per heavy atom. The molecule has 0 unspecified atom stereocenters. The molecule has 0 amide bonds. The van der Waals surface area contributed by atoms with Crippen LogP contribution in [-0.2, 0) is 6.54 Å². The number of hydrogen-bond donors (Lipinski definition) is 1. The van der Waals surface area contributed by atoms with Crippen molar-refractivity contribution in [3.8, 4) is 17.1 Å². The van der Waals surface area contributed by atoms with E-state index in [1.165, 1.54) is 5.56 Å². The molecule has 0 aliphatic carbocycles. The van der Waals surface area contributed by atoms with Crippen molar-refractivity contribution >= 4 is 16.7 Å². The summed E-state index contributed by atoms with van der Waals surface area (Å²) in [5, 5.41) is 12.0. The van der Waals surface area contributed by atoms with Crippen molar-refractivity contribution < 1.29 is 4.74 Å². The zero-order valence-corrected chi connectivity index (χ0v) is 16.4. The highest BCUT2D eigenvalue weighted by Crippen LogP contribution is 2.26. The summed E-state index contributed by atoms with van der Waals surface area (Å²) >= 11 is 0. The summed E-state index contributed by atoms with van der Waals surface area (Å²) in [6, 6.07) is 8.23. The highest BCUT2D eigenvalue weighted by Gasteiger charge is 2.15. The number of aryl methyl sites for hydroxylation is 1. The van der Waals surface area contributed by atoms with Crippen LogP contribution in [0.15, 0.2) is 36.7 Å². The van der Waals surface area contributed by atoms with Gasteiger partial charge in [-0.2, -0.15) is 0 Å². The van der Waals surface area contributed by atoms with Crippen molar-refractivity contribution in [2.75, 3.05) is 13.7 Å². The Morgan fingerprint density at radius 3 is 2.86 bits per heavy atom. The SMILES string of the molecule is CCCCOc1cncc(-c2nnc3c(C)nc4ccc(CNC)cc4n23)c1. The molecule has 7 nitrogen and oxygen atoms in total. The third kappa shape index (κ3) is 3.41. The number of ether oxygens (including phenoxy) is 1. The number of unbranched alkanes of at least 4 members (excludes halogenated alkanes) is 1. The van der Waals surface area contributed by atoms with E-state index in [9.17, 15) is 0 Å². The van der Waals surface area contributed by atoms with E-state index >= 15 is 0 Å². The number of rotatable bonds is 7. The first-order valence-corrected chi connectivity index (χ1v) is 9.58. The molecule has 4 rings (SSSR count). The molecule has 0 aliphatic heterocycles. The predicted molar refractivity (Wildman–Crippen MR) is 109 cm³/mol. The Morgan fingerprint density at radius 2 is 2.04 bits per heavy atom. The van der Waals surface area contributed by atoms with Crippen LogP contribution in [0.25, 0.3) is 28.1 Å². The average Bonchev–Trinajstić information content (AvgIpc) is 3.15. The molecule has 0 aliphatic rings. The molecule has 0 fully saturated rings. The molecule has 0 spiro atoms. The molecule has 0 saturated heterocycles. The van der Waals surface area contributed by atoms with Gasteiger partial charge in [-0.25, -0.2) is 4.98 Å². The summed E-state index contributed by atoms with van der Waals surface area (Å²) in [6.07, 6.45) is 5.64. The lowest BCUT2D eigenvalue weighted by atomic mass is 10.1. The minimum Gasteiger partial charge on any atom is -0.492 e. The van der Waals surface area contributed by atoms with E-state index in [0.717, 1.165) is 58.9 Å². The summed E-state index contributed by atoms with van der Waals surface area (Å²) in [7, 11) is 1.94. The second-order valence-corrected chi connectivity index (χ2v) is 6.84. The number of hydrogen-bond acceptors (Lipinski definition) is 6. The van der Waals surface area contributed by atoms with Crippen LogP contribution in [-0.4, -0.2) is 38.2 Å². The van der Waals surface area contributed by atoms with E-state index in [2.05, 4.69) is 44.0 Å². The number of nitrogens with zero attached hydrogens (tertiary/aromatic N) is 5. The fourth-order valence-electron chi connectivity index (χ4n) is 3.28. The van der Waals surface area contributed by atoms with Gasteiger partial charge < -0.3 is 10.1 Å². The molecular weight excluding hydrogens is 352 g/mol. The molecule has 0 saturated carbocycles. The van der Waals surface area contributed by atoms with E-state index in [1.54, 1.807) is 12.4 Å². The molecule has 0 bridgehead atoms. The van der Waals surface area contributed by atoms with Crippen LogP contribution in [0.4, 0.5) is 0 Å². The van der Waals surface area contributed by atoms with Crippen LogP contribution >= 0.6 is 0 Å². The van der Waals surface area contributed by atoms with Crippen molar-refractivity contribution in [2.24, 2.45) is 0 Å². The van der Waals surface area contributed by atoms with Crippen LogP contribution in [0.1, 0.15) is 31.0 Å². The maximum atomic E-state index is 5.82. The molecule has 28 heavy (non-hydrogen) atoms. The summed E-state index contributed by atoms with van der Waals surface area (Å²) in [6.45, 7) is 5.56. The largest absolute Gasteiger partial charge is 0.492 e. The van der Waals surface area contributed by atoms with E-state index in [0.29, 0.717) is 6.61 Å². The Labute approximate surface area is 163 Å². The zero-order chi connectivity index (χ0) is 19.5. The summed E-state index contributed by atoms with van der Waals surface area (Å²) < 4.78 is 7.88. The van der Waals surface area contributed by atoms with Gasteiger partial charge in [-0.3, -0.25) is 9.38 Å². The van der Waals surface area contributed by atoms with Gasteiger partial charge in [0.15, 0.2) is 11.5 Å². The predicted octanol–water partition coefficient (Wildman–Crippen LogP) is 3.55. The molecule has 7 heteroatoms. The smallest absolute Gasteiger partial charge is 0.183 e. The number of pyridine rings is 1. The van der Waals surface area contributed by atoms with Gasteiger partial charge in [0.25, 0.3) is 0 Å². The third-order valence-corrected chi connectivity index (χ3v) is 4.67. The Balaban J connectivity index is 1.86. The second-order valence-electron chi connectivity index (χ2n) is 6.84. The average molecular weight is 376 g/mol. The molecule has 0 atom stereocenters. The van der Waals surface area contributed by atoms with Gasteiger partial charge in [0.1, 0.15) is 5.75 Å². The minimum atomic E-state index is 0.682. The van der Waals surface area contributed by atoms with E-state index < -0.39 is 0 Å². The first kappa shape index (κ1) is 18.3. The summed E-state index contributed by atoms with van der Waals surface area (Å²) in [5.41, 5.74) is 5.53. The van der Waals surface area contributed by atoms with Gasteiger partial charge in [-0.15, -0.1) is 10.2 Å².